The van der Waals surface area contributed by atoms with Crippen LogP contribution < -0.4 is 15.0 Å². The number of amides is 1. The van der Waals surface area contributed by atoms with Crippen molar-refractivity contribution in [3.8, 4) is 5.75 Å². The Bertz CT molecular complexity index is 853. The molecule has 1 aliphatic heterocycles. The van der Waals surface area contributed by atoms with Gasteiger partial charge in [-0.25, -0.2) is 4.79 Å². The molecule has 0 atom stereocenters. The average Bonchev–Trinajstić information content (AvgIpc) is 2.74. The lowest BCUT2D eigenvalue weighted by Crippen LogP contribution is -2.37. The fourth-order valence-corrected chi connectivity index (χ4v) is 3.10. The molecule has 7 nitrogen and oxygen atoms in total. The van der Waals surface area contributed by atoms with Crippen LogP contribution in [0.1, 0.15) is 27.6 Å². The second-order valence-electron chi connectivity index (χ2n) is 6.21. The topological polar surface area (TPSA) is 77.1 Å². The van der Waals surface area contributed by atoms with Crippen molar-refractivity contribution in [3.05, 3.63) is 53.6 Å². The van der Waals surface area contributed by atoms with E-state index in [-0.39, 0.29) is 24.9 Å². The van der Waals surface area contributed by atoms with Crippen LogP contribution in [0, 0.1) is 0 Å². The smallest absolute Gasteiger partial charge is 0.340 e. The van der Waals surface area contributed by atoms with E-state index in [0.717, 1.165) is 5.69 Å². The van der Waals surface area contributed by atoms with E-state index in [0.29, 0.717) is 48.9 Å². The van der Waals surface area contributed by atoms with Crippen LogP contribution in [-0.2, 0) is 9.47 Å². The largest absolute Gasteiger partial charge is 0.496 e. The Hall–Kier alpha value is -2.77. The van der Waals surface area contributed by atoms with Gasteiger partial charge in [-0.05, 0) is 37.3 Å². The van der Waals surface area contributed by atoms with Gasteiger partial charge in [0.2, 0.25) is 0 Å². The first-order valence-corrected chi connectivity index (χ1v) is 9.22. The van der Waals surface area contributed by atoms with E-state index in [1.165, 1.54) is 7.11 Å². The molecule has 8 heteroatoms. The second-order valence-corrected chi connectivity index (χ2v) is 6.21. The molecule has 1 fully saturated rings. The number of nitrogens with zero attached hydrogens (tertiary/aromatic N) is 1. The number of esters is 1. The molecule has 29 heavy (non-hydrogen) atoms. The van der Waals surface area contributed by atoms with Crippen LogP contribution in [0.5, 0.6) is 5.75 Å². The van der Waals surface area contributed by atoms with Crippen molar-refractivity contribution in [2.45, 2.75) is 6.92 Å². The zero-order valence-electron chi connectivity index (χ0n) is 16.5. The molecular formula is C21H25ClN2O5. The Kier molecular flexibility index (Phi) is 8.30. The van der Waals surface area contributed by atoms with Crippen LogP contribution in [-0.4, -0.2) is 51.9 Å². The lowest BCUT2D eigenvalue weighted by molar-refractivity contribution is 0.0526. The van der Waals surface area contributed by atoms with Gasteiger partial charge < -0.3 is 24.4 Å². The van der Waals surface area contributed by atoms with Gasteiger partial charge in [-0.2, -0.15) is 0 Å². The minimum atomic E-state index is -0.419. The van der Waals surface area contributed by atoms with Crippen molar-refractivity contribution >= 4 is 35.7 Å². The summed E-state index contributed by atoms with van der Waals surface area (Å²) in [5.74, 6) is -0.251. The highest BCUT2D eigenvalue weighted by Crippen LogP contribution is 2.27. The molecule has 0 aliphatic carbocycles. The maximum atomic E-state index is 12.7. The van der Waals surface area contributed by atoms with Crippen LogP contribution in [0.2, 0.25) is 0 Å². The Morgan fingerprint density at radius 3 is 2.52 bits per heavy atom. The second kappa shape index (κ2) is 10.7. The van der Waals surface area contributed by atoms with E-state index in [2.05, 4.69) is 10.2 Å². The molecule has 156 valence electrons. The van der Waals surface area contributed by atoms with Crippen molar-refractivity contribution in [1.82, 2.24) is 0 Å². The van der Waals surface area contributed by atoms with Gasteiger partial charge in [-0.3, -0.25) is 4.79 Å². The first kappa shape index (κ1) is 22.5. The molecule has 2 aromatic rings. The van der Waals surface area contributed by atoms with Gasteiger partial charge in [-0.15, -0.1) is 12.4 Å². The molecule has 1 amide bonds. The number of carbonyl (C=O) groups excluding carboxylic acids is 2. The molecule has 0 aromatic heterocycles. The number of benzene rings is 2. The van der Waals surface area contributed by atoms with E-state index >= 15 is 0 Å². The summed E-state index contributed by atoms with van der Waals surface area (Å²) in [6.45, 7) is 4.64. The summed E-state index contributed by atoms with van der Waals surface area (Å²) in [5, 5.41) is 2.83. The Labute approximate surface area is 176 Å². The number of para-hydroxylation sites is 1. The fourth-order valence-electron chi connectivity index (χ4n) is 3.10. The monoisotopic (exact) mass is 420 g/mol. The lowest BCUT2D eigenvalue weighted by Gasteiger charge is -2.30. The SMILES string of the molecule is CCOC(=O)c1cc(NC(=O)c2ccccc2OC)ccc1N1CCOCC1.Cl. The van der Waals surface area contributed by atoms with Gasteiger partial charge >= 0.3 is 5.97 Å². The molecule has 1 aliphatic rings. The van der Waals surface area contributed by atoms with E-state index in [9.17, 15) is 9.59 Å². The highest BCUT2D eigenvalue weighted by atomic mass is 35.5. The van der Waals surface area contributed by atoms with Crippen molar-refractivity contribution in [3.63, 3.8) is 0 Å². The molecule has 1 saturated heterocycles. The average molecular weight is 421 g/mol. The Morgan fingerprint density at radius 2 is 1.83 bits per heavy atom. The number of methoxy groups -OCH3 is 1. The zero-order chi connectivity index (χ0) is 19.9. The molecule has 1 heterocycles. The fraction of sp³-hybridized carbons (Fsp3) is 0.333. The molecule has 0 unspecified atom stereocenters. The number of carbonyl (C=O) groups is 2. The normalized spacial score (nSPS) is 13.2. The number of ether oxygens (including phenoxy) is 3. The predicted molar refractivity (Wildman–Crippen MR) is 114 cm³/mol. The minimum absolute atomic E-state index is 0. The zero-order valence-corrected chi connectivity index (χ0v) is 17.3. The Balaban J connectivity index is 0.00000300. The van der Waals surface area contributed by atoms with E-state index in [1.807, 2.05) is 6.07 Å². The van der Waals surface area contributed by atoms with E-state index in [4.69, 9.17) is 14.2 Å². The third kappa shape index (κ3) is 5.40. The first-order chi connectivity index (χ1) is 13.6. The van der Waals surface area contributed by atoms with E-state index in [1.54, 1.807) is 43.3 Å². The molecule has 0 radical (unpaired) electrons. The van der Waals surface area contributed by atoms with Gasteiger partial charge in [0.05, 0.1) is 43.7 Å². The van der Waals surface area contributed by atoms with Crippen LogP contribution in [0.25, 0.3) is 0 Å². The van der Waals surface area contributed by atoms with Crippen LogP contribution in [0.15, 0.2) is 42.5 Å². The van der Waals surface area contributed by atoms with Crippen molar-refractivity contribution in [1.29, 1.82) is 0 Å². The van der Waals surface area contributed by atoms with Crippen LogP contribution >= 0.6 is 12.4 Å². The third-order valence-corrected chi connectivity index (χ3v) is 4.45. The first-order valence-electron chi connectivity index (χ1n) is 9.22. The molecule has 3 rings (SSSR count). The molecular weight excluding hydrogens is 396 g/mol. The van der Waals surface area contributed by atoms with Crippen LogP contribution in [0.3, 0.4) is 0 Å². The number of hydrogen-bond donors (Lipinski definition) is 1. The number of morpholine rings is 1. The summed E-state index contributed by atoms with van der Waals surface area (Å²) in [6, 6.07) is 12.2. The quantitative estimate of drug-likeness (QED) is 0.722. The third-order valence-electron chi connectivity index (χ3n) is 4.45. The highest BCUT2D eigenvalue weighted by Gasteiger charge is 2.21. The van der Waals surface area contributed by atoms with Gasteiger partial charge in [0.1, 0.15) is 5.75 Å². The number of rotatable bonds is 6. The summed E-state index contributed by atoms with van der Waals surface area (Å²) in [5.41, 5.74) is 2.12. The summed E-state index contributed by atoms with van der Waals surface area (Å²) in [7, 11) is 1.52. The maximum Gasteiger partial charge on any atom is 0.340 e. The Morgan fingerprint density at radius 1 is 1.10 bits per heavy atom. The van der Waals surface area contributed by atoms with Gasteiger partial charge in [0.25, 0.3) is 5.91 Å². The number of nitrogens with one attached hydrogen (secondary N) is 1. The van der Waals surface area contributed by atoms with E-state index < -0.39 is 5.97 Å². The number of anilines is 2. The lowest BCUT2D eigenvalue weighted by atomic mass is 10.1. The number of halogens is 1. The maximum absolute atomic E-state index is 12.7. The van der Waals surface area contributed by atoms with Crippen molar-refractivity contribution < 1.29 is 23.8 Å². The minimum Gasteiger partial charge on any atom is -0.496 e. The predicted octanol–water partition coefficient (Wildman–Crippen LogP) is 3.38. The van der Waals surface area contributed by atoms with Crippen LogP contribution in [0.4, 0.5) is 11.4 Å². The summed E-state index contributed by atoms with van der Waals surface area (Å²) >= 11 is 0. The summed E-state index contributed by atoms with van der Waals surface area (Å²) < 4.78 is 15.8. The standard InChI is InChI=1S/C21H24N2O5.ClH/c1-3-28-21(25)17-14-15(8-9-18(17)23-10-12-27-13-11-23)22-20(24)16-6-4-5-7-19(16)26-2;/h4-9,14H,3,10-13H2,1-2H3,(H,22,24);1H. The molecule has 0 bridgehead atoms. The highest BCUT2D eigenvalue weighted by molar-refractivity contribution is 6.07. The van der Waals surface area contributed by atoms with Crippen molar-refractivity contribution in [2.75, 3.05) is 50.2 Å². The molecule has 2 aromatic carbocycles. The van der Waals surface area contributed by atoms with Crippen molar-refractivity contribution in [2.24, 2.45) is 0 Å². The summed E-state index contributed by atoms with van der Waals surface area (Å²) in [4.78, 5) is 27.2. The molecule has 0 saturated carbocycles. The van der Waals surface area contributed by atoms with Gasteiger partial charge in [0.15, 0.2) is 0 Å². The van der Waals surface area contributed by atoms with Gasteiger partial charge in [-0.1, -0.05) is 12.1 Å². The molecule has 0 spiro atoms. The number of hydrogen-bond acceptors (Lipinski definition) is 6. The summed E-state index contributed by atoms with van der Waals surface area (Å²) in [6.07, 6.45) is 0. The molecule has 1 N–H and O–H groups in total. The van der Waals surface area contributed by atoms with Gasteiger partial charge in [0, 0.05) is 18.8 Å².